The number of non-ortho nitro benzene ring substituents is 1. The zero-order valence-electron chi connectivity index (χ0n) is 8.23. The van der Waals surface area contributed by atoms with Gasteiger partial charge in [-0.15, -0.1) is 4.91 Å². The number of hydrogen-bond donors (Lipinski definition) is 0. The molecule has 86 valence electrons. The first kappa shape index (κ1) is 12.2. The molecule has 1 unspecified atom stereocenters. The van der Waals surface area contributed by atoms with Crippen LogP contribution in [0.1, 0.15) is 10.9 Å². The lowest BCUT2D eigenvalue weighted by Gasteiger charge is -2.06. The first-order valence-corrected chi connectivity index (χ1v) is 6.07. The van der Waals surface area contributed by atoms with Crippen LogP contribution in [0.4, 0.5) is 5.69 Å². The summed E-state index contributed by atoms with van der Waals surface area (Å²) >= 11 is 0. The summed E-state index contributed by atoms with van der Waals surface area (Å²) in [7, 11) is -3.71. The predicted octanol–water partition coefficient (Wildman–Crippen LogP) is 1.40. The van der Waals surface area contributed by atoms with Gasteiger partial charge in [0.25, 0.3) is 5.69 Å². The molecule has 0 amide bonds. The van der Waals surface area contributed by atoms with Crippen molar-refractivity contribution in [2.24, 2.45) is 5.18 Å². The van der Waals surface area contributed by atoms with E-state index in [2.05, 4.69) is 5.18 Å². The molecule has 0 fully saturated rings. The van der Waals surface area contributed by atoms with Gasteiger partial charge in [0, 0.05) is 24.0 Å². The number of nitroso groups, excluding NO2 is 1. The van der Waals surface area contributed by atoms with Crippen LogP contribution in [0.15, 0.2) is 29.4 Å². The quantitative estimate of drug-likeness (QED) is 0.452. The Morgan fingerprint density at radius 2 is 2.06 bits per heavy atom. The van der Waals surface area contributed by atoms with E-state index in [-0.39, 0.29) is 11.3 Å². The highest BCUT2D eigenvalue weighted by molar-refractivity contribution is 7.90. The van der Waals surface area contributed by atoms with Gasteiger partial charge in [-0.05, 0) is 5.18 Å². The van der Waals surface area contributed by atoms with Gasteiger partial charge in [0.1, 0.15) is 0 Å². The first-order valence-electron chi connectivity index (χ1n) is 4.12. The summed E-state index contributed by atoms with van der Waals surface area (Å²) < 4.78 is 22.4. The third kappa shape index (κ3) is 2.60. The molecule has 16 heavy (non-hydrogen) atoms. The Morgan fingerprint density at radius 3 is 2.50 bits per heavy atom. The highest BCUT2D eigenvalue weighted by Gasteiger charge is 2.25. The molecular formula is C8H8N2O5S. The molecule has 7 nitrogen and oxygen atoms in total. The Balaban J connectivity index is 3.27. The molecular weight excluding hydrogens is 236 g/mol. The van der Waals surface area contributed by atoms with Crippen LogP contribution >= 0.6 is 0 Å². The maximum atomic E-state index is 11.2. The van der Waals surface area contributed by atoms with Gasteiger partial charge in [-0.1, -0.05) is 12.1 Å². The minimum Gasteiger partial charge on any atom is -0.258 e. The van der Waals surface area contributed by atoms with Crippen LogP contribution in [0.5, 0.6) is 0 Å². The van der Waals surface area contributed by atoms with Gasteiger partial charge in [-0.2, -0.15) is 0 Å². The molecule has 0 N–H and O–H groups in total. The van der Waals surface area contributed by atoms with Gasteiger partial charge in [0.2, 0.25) is 5.37 Å². The standard InChI is InChI=1S/C8H8N2O5S/c1-16(14,15)8(9-11)6-3-2-4-7(5-6)10(12)13/h2-5,8H,1H3. The van der Waals surface area contributed by atoms with Crippen molar-refractivity contribution in [3.05, 3.63) is 44.9 Å². The molecule has 0 radical (unpaired) electrons. The fraction of sp³-hybridized carbons (Fsp3) is 0.250. The zero-order chi connectivity index (χ0) is 12.3. The first-order chi connectivity index (χ1) is 7.36. The molecule has 1 aromatic rings. The van der Waals surface area contributed by atoms with Gasteiger partial charge in [-0.25, -0.2) is 8.42 Å². The van der Waals surface area contributed by atoms with E-state index >= 15 is 0 Å². The van der Waals surface area contributed by atoms with Crippen molar-refractivity contribution in [2.75, 3.05) is 6.26 Å². The molecule has 1 aromatic carbocycles. The highest BCUT2D eigenvalue weighted by Crippen LogP contribution is 2.25. The molecule has 0 aliphatic carbocycles. The van der Waals surface area contributed by atoms with Crippen LogP contribution in [0.3, 0.4) is 0 Å². The summed E-state index contributed by atoms with van der Waals surface area (Å²) in [6, 6.07) is 4.83. The lowest BCUT2D eigenvalue weighted by molar-refractivity contribution is -0.384. The fourth-order valence-electron chi connectivity index (χ4n) is 1.18. The maximum Gasteiger partial charge on any atom is 0.269 e. The zero-order valence-corrected chi connectivity index (χ0v) is 9.05. The molecule has 0 spiro atoms. The van der Waals surface area contributed by atoms with Gasteiger partial charge >= 0.3 is 0 Å². The second-order valence-corrected chi connectivity index (χ2v) is 5.24. The van der Waals surface area contributed by atoms with E-state index < -0.39 is 20.1 Å². The fourth-order valence-corrected chi connectivity index (χ4v) is 1.98. The second-order valence-electron chi connectivity index (χ2n) is 3.14. The van der Waals surface area contributed by atoms with Crippen molar-refractivity contribution in [1.29, 1.82) is 0 Å². The van der Waals surface area contributed by atoms with E-state index in [0.717, 1.165) is 12.3 Å². The second kappa shape index (κ2) is 4.35. The van der Waals surface area contributed by atoms with Gasteiger partial charge in [-0.3, -0.25) is 10.1 Å². The van der Waals surface area contributed by atoms with Crippen molar-refractivity contribution < 1.29 is 13.3 Å². The lowest BCUT2D eigenvalue weighted by atomic mass is 10.2. The number of hydrogen-bond acceptors (Lipinski definition) is 6. The molecule has 0 saturated heterocycles. The van der Waals surface area contributed by atoms with Crippen molar-refractivity contribution in [3.8, 4) is 0 Å². The molecule has 0 aromatic heterocycles. The Hall–Kier alpha value is -1.83. The number of rotatable bonds is 4. The average Bonchev–Trinajstić information content (AvgIpc) is 2.17. The van der Waals surface area contributed by atoms with Crippen LogP contribution in [-0.4, -0.2) is 19.6 Å². The van der Waals surface area contributed by atoms with Crippen LogP contribution in [0.2, 0.25) is 0 Å². The van der Waals surface area contributed by atoms with Crippen molar-refractivity contribution in [3.63, 3.8) is 0 Å². The molecule has 1 rings (SSSR count). The van der Waals surface area contributed by atoms with Gasteiger partial charge < -0.3 is 0 Å². The van der Waals surface area contributed by atoms with E-state index in [0.29, 0.717) is 0 Å². The van der Waals surface area contributed by atoms with Crippen LogP contribution in [0.25, 0.3) is 0 Å². The summed E-state index contributed by atoms with van der Waals surface area (Å²) in [4.78, 5) is 20.2. The Bertz CT molecular complexity index is 525. The molecule has 0 bridgehead atoms. The van der Waals surface area contributed by atoms with Crippen molar-refractivity contribution in [2.45, 2.75) is 5.37 Å². The topological polar surface area (TPSA) is 107 Å². The third-order valence-electron chi connectivity index (χ3n) is 1.87. The van der Waals surface area contributed by atoms with E-state index in [1.807, 2.05) is 0 Å². The van der Waals surface area contributed by atoms with Crippen molar-refractivity contribution >= 4 is 15.5 Å². The highest BCUT2D eigenvalue weighted by atomic mass is 32.2. The summed E-state index contributed by atoms with van der Waals surface area (Å²) in [5.74, 6) is 0. The molecule has 1 atom stereocenters. The minimum atomic E-state index is -3.71. The normalized spacial score (nSPS) is 13.1. The SMILES string of the molecule is CS(=O)(=O)C(N=O)c1cccc([N+](=O)[O-])c1. The van der Waals surface area contributed by atoms with Crippen LogP contribution in [-0.2, 0) is 9.84 Å². The number of nitrogens with zero attached hydrogens (tertiary/aromatic N) is 2. The monoisotopic (exact) mass is 244 g/mol. The third-order valence-corrected chi connectivity index (χ3v) is 3.04. The molecule has 0 saturated carbocycles. The smallest absolute Gasteiger partial charge is 0.258 e. The Morgan fingerprint density at radius 1 is 1.44 bits per heavy atom. The van der Waals surface area contributed by atoms with Crippen LogP contribution < -0.4 is 0 Å². The maximum absolute atomic E-state index is 11.2. The van der Waals surface area contributed by atoms with E-state index in [9.17, 15) is 23.4 Å². The summed E-state index contributed by atoms with van der Waals surface area (Å²) in [5.41, 5.74) is -0.290. The molecule has 0 aliphatic rings. The number of benzene rings is 1. The summed E-state index contributed by atoms with van der Waals surface area (Å²) in [6.07, 6.45) is 0.845. The number of nitro benzene ring substituents is 1. The Kier molecular flexibility index (Phi) is 3.33. The Labute approximate surface area is 91.1 Å². The minimum absolute atomic E-state index is 0.00769. The number of nitro groups is 1. The molecule has 0 heterocycles. The van der Waals surface area contributed by atoms with E-state index in [4.69, 9.17) is 0 Å². The summed E-state index contributed by atoms with van der Waals surface area (Å²) in [5, 5.41) is 11.3. The average molecular weight is 244 g/mol. The predicted molar refractivity (Wildman–Crippen MR) is 56.5 cm³/mol. The van der Waals surface area contributed by atoms with Crippen molar-refractivity contribution in [1.82, 2.24) is 0 Å². The molecule has 8 heteroatoms. The van der Waals surface area contributed by atoms with E-state index in [1.165, 1.54) is 18.2 Å². The van der Waals surface area contributed by atoms with Gasteiger partial charge in [0.15, 0.2) is 9.84 Å². The van der Waals surface area contributed by atoms with Crippen LogP contribution in [0, 0.1) is 15.0 Å². The largest absolute Gasteiger partial charge is 0.269 e. The van der Waals surface area contributed by atoms with Gasteiger partial charge in [0.05, 0.1) is 4.92 Å². The summed E-state index contributed by atoms with van der Waals surface area (Å²) in [6.45, 7) is 0. The van der Waals surface area contributed by atoms with E-state index in [1.54, 1.807) is 0 Å². The lowest BCUT2D eigenvalue weighted by Crippen LogP contribution is -2.08. The molecule has 0 aliphatic heterocycles. The number of sulfone groups is 1.